The van der Waals surface area contributed by atoms with Crippen molar-refractivity contribution in [1.29, 1.82) is 0 Å². The Morgan fingerprint density at radius 2 is 2.14 bits per heavy atom. The van der Waals surface area contributed by atoms with Crippen molar-refractivity contribution in [3.63, 3.8) is 0 Å². The molecule has 0 unspecified atom stereocenters. The number of fused-ring (bicyclic) bond motifs is 1. The number of hydrogen-bond donors (Lipinski definition) is 2. The largest absolute Gasteiger partial charge is 0.357 e. The van der Waals surface area contributed by atoms with Crippen LogP contribution in [0.5, 0.6) is 0 Å². The average Bonchev–Trinajstić information content (AvgIpc) is 3.31. The summed E-state index contributed by atoms with van der Waals surface area (Å²) in [7, 11) is 0. The van der Waals surface area contributed by atoms with Crippen LogP contribution in [0.25, 0.3) is 0 Å². The molecule has 0 aromatic carbocycles. The van der Waals surface area contributed by atoms with Gasteiger partial charge in [0.1, 0.15) is 11.6 Å². The van der Waals surface area contributed by atoms with E-state index in [2.05, 4.69) is 37.3 Å². The van der Waals surface area contributed by atoms with E-state index in [-0.39, 0.29) is 0 Å². The lowest BCUT2D eigenvalue weighted by molar-refractivity contribution is 0.600. The van der Waals surface area contributed by atoms with Gasteiger partial charge < -0.3 is 15.2 Å². The molecule has 0 atom stereocenters. The summed E-state index contributed by atoms with van der Waals surface area (Å²) in [5, 5.41) is 15.5. The second-order valence-corrected chi connectivity index (χ2v) is 6.33. The Labute approximate surface area is 132 Å². The van der Waals surface area contributed by atoms with Crippen molar-refractivity contribution >= 4 is 5.96 Å². The molecule has 0 amide bonds. The number of guanidine groups is 1. The highest BCUT2D eigenvalue weighted by atomic mass is 15.3. The molecule has 0 radical (unpaired) electrons. The molecule has 1 fully saturated rings. The van der Waals surface area contributed by atoms with E-state index in [9.17, 15) is 0 Å². The van der Waals surface area contributed by atoms with E-state index in [0.717, 1.165) is 56.7 Å². The van der Waals surface area contributed by atoms with Crippen molar-refractivity contribution in [2.75, 3.05) is 19.6 Å². The number of hydrogen-bond acceptors (Lipinski definition) is 3. The molecule has 6 nitrogen and oxygen atoms in total. The van der Waals surface area contributed by atoms with Gasteiger partial charge in [0.25, 0.3) is 0 Å². The smallest absolute Gasteiger partial charge is 0.191 e. The maximum absolute atomic E-state index is 4.65. The topological polar surface area (TPSA) is 67.1 Å². The van der Waals surface area contributed by atoms with E-state index >= 15 is 0 Å². The Kier molecular flexibility index (Phi) is 5.29. The maximum atomic E-state index is 4.65. The second-order valence-electron chi connectivity index (χ2n) is 6.33. The third-order valence-electron chi connectivity index (χ3n) is 4.38. The minimum atomic E-state index is 0.822. The first-order chi connectivity index (χ1) is 10.9. The van der Waals surface area contributed by atoms with Crippen molar-refractivity contribution in [1.82, 2.24) is 25.4 Å². The predicted molar refractivity (Wildman–Crippen MR) is 88.0 cm³/mol. The molecular weight excluding hydrogens is 276 g/mol. The normalized spacial score (nSPS) is 18.7. The van der Waals surface area contributed by atoms with Crippen molar-refractivity contribution < 1.29 is 0 Å². The van der Waals surface area contributed by atoms with Crippen LogP contribution in [0.1, 0.15) is 50.7 Å². The molecule has 2 heterocycles. The van der Waals surface area contributed by atoms with Crippen LogP contribution >= 0.6 is 0 Å². The van der Waals surface area contributed by atoms with Crippen LogP contribution in [0.15, 0.2) is 4.99 Å². The number of nitrogens with one attached hydrogen (secondary N) is 2. The Bertz CT molecular complexity index is 503. The first-order valence-corrected chi connectivity index (χ1v) is 8.80. The molecule has 0 spiro atoms. The molecule has 1 aromatic heterocycles. The van der Waals surface area contributed by atoms with E-state index in [4.69, 9.17) is 0 Å². The van der Waals surface area contributed by atoms with Gasteiger partial charge in [-0.05, 0) is 38.5 Å². The van der Waals surface area contributed by atoms with Crippen LogP contribution in [0.3, 0.4) is 0 Å². The maximum Gasteiger partial charge on any atom is 0.191 e. The summed E-state index contributed by atoms with van der Waals surface area (Å²) in [6.07, 6.45) is 8.46. The van der Waals surface area contributed by atoms with Gasteiger partial charge in [-0.15, -0.1) is 10.2 Å². The average molecular weight is 304 g/mol. The molecule has 2 N–H and O–H groups in total. The summed E-state index contributed by atoms with van der Waals surface area (Å²) in [6.45, 7) is 5.89. The molecule has 1 aliphatic carbocycles. The fraction of sp³-hybridized carbons (Fsp3) is 0.812. The van der Waals surface area contributed by atoms with E-state index < -0.39 is 0 Å². The van der Waals surface area contributed by atoms with Crippen molar-refractivity contribution in [2.45, 2.75) is 58.4 Å². The lowest BCUT2D eigenvalue weighted by Gasteiger charge is -2.11. The molecule has 22 heavy (non-hydrogen) atoms. The molecule has 2 aliphatic rings. The third kappa shape index (κ3) is 4.21. The summed E-state index contributed by atoms with van der Waals surface area (Å²) in [5.41, 5.74) is 0. The lowest BCUT2D eigenvalue weighted by atomic mass is 10.2. The summed E-state index contributed by atoms with van der Waals surface area (Å²) in [6, 6.07) is 0. The van der Waals surface area contributed by atoms with E-state index in [0.29, 0.717) is 0 Å². The quantitative estimate of drug-likeness (QED) is 0.617. The van der Waals surface area contributed by atoms with E-state index in [1.807, 2.05) is 0 Å². The summed E-state index contributed by atoms with van der Waals surface area (Å²) in [5.74, 6) is 4.04. The van der Waals surface area contributed by atoms with Gasteiger partial charge in [-0.2, -0.15) is 0 Å². The molecule has 0 saturated heterocycles. The molecule has 6 heteroatoms. The zero-order valence-corrected chi connectivity index (χ0v) is 13.6. The number of rotatable bonds is 6. The first kappa shape index (κ1) is 15.3. The molecular formula is C16H28N6. The van der Waals surface area contributed by atoms with Gasteiger partial charge in [0, 0.05) is 39.0 Å². The minimum absolute atomic E-state index is 0.822. The number of aromatic nitrogens is 3. The Balaban J connectivity index is 1.50. The van der Waals surface area contributed by atoms with Gasteiger partial charge in [-0.1, -0.05) is 6.42 Å². The zero-order chi connectivity index (χ0) is 15.2. The fourth-order valence-corrected chi connectivity index (χ4v) is 2.89. The highest BCUT2D eigenvalue weighted by molar-refractivity contribution is 5.79. The molecule has 3 rings (SSSR count). The van der Waals surface area contributed by atoms with Gasteiger partial charge in [-0.25, -0.2) is 0 Å². The van der Waals surface area contributed by atoms with Crippen LogP contribution in [-0.2, 0) is 19.4 Å². The molecule has 0 bridgehead atoms. The van der Waals surface area contributed by atoms with Gasteiger partial charge in [0.2, 0.25) is 0 Å². The Morgan fingerprint density at radius 3 is 2.95 bits per heavy atom. The van der Waals surface area contributed by atoms with Gasteiger partial charge >= 0.3 is 0 Å². The second kappa shape index (κ2) is 7.61. The molecule has 122 valence electrons. The predicted octanol–water partition coefficient (Wildman–Crippen LogP) is 1.51. The molecule has 1 aromatic rings. The van der Waals surface area contributed by atoms with Gasteiger partial charge in [0.15, 0.2) is 5.96 Å². The van der Waals surface area contributed by atoms with Crippen LogP contribution in [0.4, 0.5) is 0 Å². The summed E-state index contributed by atoms with van der Waals surface area (Å²) >= 11 is 0. The highest BCUT2D eigenvalue weighted by Gasteiger charge is 2.20. The lowest BCUT2D eigenvalue weighted by Crippen LogP contribution is -2.38. The number of aryl methyl sites for hydroxylation is 1. The van der Waals surface area contributed by atoms with Crippen molar-refractivity contribution in [3.05, 3.63) is 11.6 Å². The number of aliphatic imine (C=N–C) groups is 1. The monoisotopic (exact) mass is 304 g/mol. The van der Waals surface area contributed by atoms with Crippen LogP contribution in [0.2, 0.25) is 0 Å². The van der Waals surface area contributed by atoms with Gasteiger partial charge in [-0.3, -0.25) is 4.99 Å². The Morgan fingerprint density at radius 1 is 1.23 bits per heavy atom. The highest BCUT2D eigenvalue weighted by Crippen LogP contribution is 2.28. The zero-order valence-electron chi connectivity index (χ0n) is 13.6. The minimum Gasteiger partial charge on any atom is -0.357 e. The third-order valence-corrected chi connectivity index (χ3v) is 4.38. The van der Waals surface area contributed by atoms with Crippen molar-refractivity contribution in [2.24, 2.45) is 10.9 Å². The summed E-state index contributed by atoms with van der Waals surface area (Å²) in [4.78, 5) is 4.65. The summed E-state index contributed by atoms with van der Waals surface area (Å²) < 4.78 is 2.32. The standard InChI is InChI=1S/C16H28N6/c1-2-17-16(19-12-13-7-8-13)18-10-9-15-21-20-14-6-4-3-5-11-22(14)15/h13H,2-12H2,1H3,(H2,17,18,19). The van der Waals surface area contributed by atoms with E-state index in [1.54, 1.807) is 0 Å². The Hall–Kier alpha value is -1.59. The molecule has 1 saturated carbocycles. The van der Waals surface area contributed by atoms with Crippen LogP contribution in [-0.4, -0.2) is 40.4 Å². The van der Waals surface area contributed by atoms with Crippen LogP contribution < -0.4 is 10.6 Å². The number of nitrogens with zero attached hydrogens (tertiary/aromatic N) is 4. The van der Waals surface area contributed by atoms with Crippen molar-refractivity contribution in [3.8, 4) is 0 Å². The SMILES string of the molecule is CCNC(=NCC1CC1)NCCc1nnc2n1CCCCC2. The van der Waals surface area contributed by atoms with Gasteiger partial charge in [0.05, 0.1) is 0 Å². The van der Waals surface area contributed by atoms with Crippen LogP contribution in [0, 0.1) is 5.92 Å². The molecule has 1 aliphatic heterocycles. The van der Waals surface area contributed by atoms with E-state index in [1.165, 1.54) is 37.9 Å². The fourth-order valence-electron chi connectivity index (χ4n) is 2.89. The first-order valence-electron chi connectivity index (χ1n) is 8.80.